The molecular weight excluding hydrogens is 655 g/mol. The van der Waals surface area contributed by atoms with Gasteiger partial charge in [-0.05, 0) is 62.9 Å². The molecule has 0 saturated heterocycles. The quantitative estimate of drug-likeness (QED) is 0.251. The Morgan fingerprint density at radius 3 is 1.43 bits per heavy atom. The summed E-state index contributed by atoms with van der Waals surface area (Å²) in [5.41, 5.74) is 8.08. The van der Waals surface area contributed by atoms with Crippen molar-refractivity contribution < 1.29 is 41.8 Å². The fourth-order valence-corrected chi connectivity index (χ4v) is 5.43. The SMILES string of the molecule is CC#N.CC#N.Cc1cc(C)n(CN2c3cccc4cccc(c34)N(Cn3nc(C)cc3C)C2c2ccccc2)n1.[Cu+].[O-][Cl+2]([O-])[O-]. The van der Waals surface area contributed by atoms with Gasteiger partial charge in [-0.2, -0.15) is 20.7 Å². The van der Waals surface area contributed by atoms with Crippen molar-refractivity contribution in [3.8, 4) is 12.1 Å². The summed E-state index contributed by atoms with van der Waals surface area (Å²) in [7, 11) is -2.85. The Morgan fingerprint density at radius 1 is 0.696 bits per heavy atom. The smallest absolute Gasteiger partial charge is 0.357 e. The Hall–Kier alpha value is -4.39. The molecule has 1 aliphatic heterocycles. The third kappa shape index (κ3) is 9.32. The average Bonchev–Trinajstić information content (AvgIpc) is 3.49. The van der Waals surface area contributed by atoms with E-state index in [9.17, 15) is 0 Å². The zero-order chi connectivity index (χ0) is 33.1. The van der Waals surface area contributed by atoms with Crippen molar-refractivity contribution in [3.63, 3.8) is 0 Å². The first-order valence-electron chi connectivity index (χ1n) is 14.0. The standard InChI is InChI=1S/C29H30N6.2C2H3N.ClO3.Cu/c1-20-16-22(3)34(30-20)18-32-26-14-8-12-24-13-9-15-27(28(24)26)33(19-35-23(4)17-21(2)31-35)29(32)25-10-6-5-7-11-25;2*1-2-3;2-1(3)4;/h5-17,29H,18-19H2,1-4H3;2*1H3;;/q;;;-1;+1. The molecule has 6 rings (SSSR count). The third-order valence-corrected chi connectivity index (χ3v) is 6.95. The first kappa shape index (κ1) is 37.8. The minimum absolute atomic E-state index is 0. The maximum absolute atomic E-state index is 8.41. The molecule has 0 aliphatic carbocycles. The van der Waals surface area contributed by atoms with Crippen LogP contribution in [0.3, 0.4) is 0 Å². The van der Waals surface area contributed by atoms with Gasteiger partial charge in [0, 0.05) is 30.6 Å². The molecule has 3 aromatic carbocycles. The van der Waals surface area contributed by atoms with Crippen molar-refractivity contribution in [1.82, 2.24) is 19.6 Å². The molecule has 13 heteroatoms. The molecule has 46 heavy (non-hydrogen) atoms. The molecule has 3 heterocycles. The second-order valence-corrected chi connectivity index (χ2v) is 10.5. The number of aryl methyl sites for hydroxylation is 4. The molecule has 0 atom stereocenters. The summed E-state index contributed by atoms with van der Waals surface area (Å²) in [6, 6.07) is 31.8. The molecule has 1 aliphatic rings. The number of aromatic nitrogens is 4. The van der Waals surface area contributed by atoms with Gasteiger partial charge in [0.15, 0.2) is 0 Å². The van der Waals surface area contributed by atoms with Crippen molar-refractivity contribution in [3.05, 3.63) is 107 Å². The van der Waals surface area contributed by atoms with Gasteiger partial charge in [0.25, 0.3) is 0 Å². The molecule has 0 N–H and O–H groups in total. The molecule has 0 saturated carbocycles. The van der Waals surface area contributed by atoms with Gasteiger partial charge in [-0.1, -0.05) is 54.6 Å². The van der Waals surface area contributed by atoms with Crippen LogP contribution in [-0.2, 0) is 30.4 Å². The van der Waals surface area contributed by atoms with Gasteiger partial charge < -0.3 is 23.8 Å². The Kier molecular flexibility index (Phi) is 14.7. The topological polar surface area (TPSA) is 159 Å². The Morgan fingerprint density at radius 2 is 1.09 bits per heavy atom. The largest absolute Gasteiger partial charge is 1.00 e. The molecule has 0 bridgehead atoms. The van der Waals surface area contributed by atoms with E-state index >= 15 is 0 Å². The number of anilines is 2. The summed E-state index contributed by atoms with van der Waals surface area (Å²) in [4.78, 5) is 4.96. The number of hydrogen-bond acceptors (Lipinski definition) is 9. The van der Waals surface area contributed by atoms with Crippen LogP contribution in [0.5, 0.6) is 0 Å². The molecule has 0 radical (unpaired) electrons. The summed E-state index contributed by atoms with van der Waals surface area (Å²) in [5, 5.41) is 26.8. The van der Waals surface area contributed by atoms with Crippen LogP contribution in [0.1, 0.15) is 48.4 Å². The molecular formula is C33H36ClCuN8O3. The number of nitriles is 2. The second kappa shape index (κ2) is 17.9. The number of halogens is 1. The number of hydrogen-bond donors (Lipinski definition) is 0. The summed E-state index contributed by atoms with van der Waals surface area (Å²) in [6.07, 6.45) is -0.0236. The molecule has 244 valence electrons. The summed E-state index contributed by atoms with van der Waals surface area (Å²) < 4.78 is 29.4. The van der Waals surface area contributed by atoms with Gasteiger partial charge in [-0.3, -0.25) is 0 Å². The Balaban J connectivity index is 0.000000595. The normalized spacial score (nSPS) is 11.6. The summed E-state index contributed by atoms with van der Waals surface area (Å²) in [6.45, 7) is 12.5. The monoisotopic (exact) mass is 690 g/mol. The zero-order valence-corrected chi connectivity index (χ0v) is 28.2. The van der Waals surface area contributed by atoms with E-state index in [2.05, 4.69) is 126 Å². The van der Waals surface area contributed by atoms with Crippen molar-refractivity contribution in [2.45, 2.75) is 61.0 Å². The maximum Gasteiger partial charge on any atom is 1.00 e. The van der Waals surface area contributed by atoms with E-state index in [4.69, 9.17) is 34.7 Å². The van der Waals surface area contributed by atoms with Crippen molar-refractivity contribution >= 4 is 22.1 Å². The van der Waals surface area contributed by atoms with Crippen LogP contribution in [0.15, 0.2) is 78.9 Å². The van der Waals surface area contributed by atoms with Gasteiger partial charge in [0.1, 0.15) is 19.5 Å². The number of nitrogens with zero attached hydrogens (tertiary/aromatic N) is 8. The van der Waals surface area contributed by atoms with E-state index in [-0.39, 0.29) is 23.2 Å². The average molecular weight is 692 g/mol. The molecule has 0 fully saturated rings. The van der Waals surface area contributed by atoms with Crippen LogP contribution < -0.4 is 23.8 Å². The first-order chi connectivity index (χ1) is 21.6. The minimum Gasteiger partial charge on any atom is -0.357 e. The predicted molar refractivity (Wildman–Crippen MR) is 164 cm³/mol. The zero-order valence-electron chi connectivity index (χ0n) is 26.5. The fourth-order valence-electron chi connectivity index (χ4n) is 5.43. The number of benzene rings is 3. The van der Waals surface area contributed by atoms with Crippen LogP contribution in [-0.4, -0.2) is 19.6 Å². The van der Waals surface area contributed by atoms with E-state index in [1.54, 1.807) is 12.1 Å². The van der Waals surface area contributed by atoms with Crippen LogP contribution in [0, 0.1) is 61.1 Å². The van der Waals surface area contributed by atoms with Crippen molar-refractivity contribution in [2.24, 2.45) is 0 Å². The maximum atomic E-state index is 8.41. The van der Waals surface area contributed by atoms with E-state index < -0.39 is 10.8 Å². The van der Waals surface area contributed by atoms with Crippen LogP contribution in [0.25, 0.3) is 10.8 Å². The molecule has 5 aromatic rings. The minimum atomic E-state index is -2.85. The van der Waals surface area contributed by atoms with E-state index in [0.29, 0.717) is 13.3 Å². The summed E-state index contributed by atoms with van der Waals surface area (Å²) in [5.74, 6) is 0. The number of rotatable bonds is 5. The fraction of sp³-hybridized carbons (Fsp3) is 0.273. The van der Waals surface area contributed by atoms with Gasteiger partial charge >= 0.3 is 17.1 Å². The second-order valence-electron chi connectivity index (χ2n) is 10.1. The molecule has 0 amide bonds. The van der Waals surface area contributed by atoms with Crippen molar-refractivity contribution in [1.29, 1.82) is 10.5 Å². The van der Waals surface area contributed by atoms with E-state index in [0.717, 1.165) is 22.8 Å². The third-order valence-electron chi connectivity index (χ3n) is 6.95. The predicted octanol–water partition coefficient (Wildman–Crippen LogP) is 3.60. The molecule has 2 aromatic heterocycles. The Labute approximate surface area is 283 Å². The van der Waals surface area contributed by atoms with Gasteiger partial charge in [-0.25, -0.2) is 9.36 Å². The van der Waals surface area contributed by atoms with Gasteiger partial charge in [0.05, 0.1) is 45.7 Å². The van der Waals surface area contributed by atoms with Crippen molar-refractivity contribution in [2.75, 3.05) is 9.80 Å². The summed E-state index contributed by atoms with van der Waals surface area (Å²) >= 11 is 0. The van der Waals surface area contributed by atoms with Crippen LogP contribution >= 0.6 is 0 Å². The molecule has 0 spiro atoms. The Bertz CT molecular complexity index is 1670. The van der Waals surface area contributed by atoms with Gasteiger partial charge in [-0.15, -0.1) is 0 Å². The van der Waals surface area contributed by atoms with Crippen LogP contribution in [0.4, 0.5) is 11.4 Å². The van der Waals surface area contributed by atoms with E-state index in [1.165, 1.54) is 41.6 Å². The van der Waals surface area contributed by atoms with E-state index in [1.807, 2.05) is 0 Å². The molecule has 11 nitrogen and oxygen atoms in total. The van der Waals surface area contributed by atoms with Gasteiger partial charge in [0.2, 0.25) is 0 Å². The first-order valence-corrected chi connectivity index (χ1v) is 15.0. The molecule has 0 unspecified atom stereocenters. The van der Waals surface area contributed by atoms with Crippen LogP contribution in [0.2, 0.25) is 0 Å².